The second-order valence-corrected chi connectivity index (χ2v) is 4.61. The van der Waals surface area contributed by atoms with Crippen molar-refractivity contribution in [3.8, 4) is 11.5 Å². The lowest BCUT2D eigenvalue weighted by molar-refractivity contribution is 0.354. The number of likely N-dealkylation sites (N-methyl/N-ethyl adjacent to an activating group) is 1. The molecule has 0 amide bonds. The van der Waals surface area contributed by atoms with Crippen molar-refractivity contribution in [3.63, 3.8) is 0 Å². The average molecular weight is 275 g/mol. The number of nitrogens with one attached hydrogen (secondary N) is 1. The van der Waals surface area contributed by atoms with Crippen LogP contribution in [-0.2, 0) is 13.5 Å². The Morgan fingerprint density at radius 1 is 1.20 bits per heavy atom. The monoisotopic (exact) mass is 275 g/mol. The van der Waals surface area contributed by atoms with Gasteiger partial charge in [0.1, 0.15) is 0 Å². The van der Waals surface area contributed by atoms with Crippen LogP contribution in [0.1, 0.15) is 17.3 Å². The molecule has 1 N–H and O–H groups in total. The van der Waals surface area contributed by atoms with Crippen LogP contribution in [0, 0.1) is 0 Å². The molecule has 2 aromatic rings. The Morgan fingerprint density at radius 3 is 2.50 bits per heavy atom. The van der Waals surface area contributed by atoms with Gasteiger partial charge in [-0.05, 0) is 37.2 Å². The highest BCUT2D eigenvalue weighted by Crippen LogP contribution is 2.29. The minimum absolute atomic E-state index is 0.209. The first-order valence-corrected chi connectivity index (χ1v) is 6.55. The van der Waals surface area contributed by atoms with Gasteiger partial charge in [0.2, 0.25) is 0 Å². The molecule has 0 fully saturated rings. The van der Waals surface area contributed by atoms with E-state index in [-0.39, 0.29) is 6.04 Å². The summed E-state index contributed by atoms with van der Waals surface area (Å²) in [5.41, 5.74) is 2.34. The first-order valence-electron chi connectivity index (χ1n) is 6.55. The number of aryl methyl sites for hydroxylation is 1. The second-order valence-electron chi connectivity index (χ2n) is 4.61. The highest BCUT2D eigenvalue weighted by molar-refractivity contribution is 5.43. The summed E-state index contributed by atoms with van der Waals surface area (Å²) >= 11 is 0. The number of ether oxygens (including phenoxy) is 2. The van der Waals surface area contributed by atoms with Crippen LogP contribution in [0.2, 0.25) is 0 Å². The third-order valence-corrected chi connectivity index (χ3v) is 3.45. The van der Waals surface area contributed by atoms with Crippen LogP contribution in [-0.4, -0.2) is 31.0 Å². The molecule has 0 saturated carbocycles. The van der Waals surface area contributed by atoms with E-state index in [4.69, 9.17) is 9.47 Å². The maximum absolute atomic E-state index is 5.34. The van der Waals surface area contributed by atoms with Crippen molar-refractivity contribution in [1.29, 1.82) is 0 Å². The van der Waals surface area contributed by atoms with Gasteiger partial charge in [-0.2, -0.15) is 5.10 Å². The molecule has 1 unspecified atom stereocenters. The number of nitrogens with zero attached hydrogens (tertiary/aromatic N) is 2. The van der Waals surface area contributed by atoms with E-state index >= 15 is 0 Å². The van der Waals surface area contributed by atoms with Crippen molar-refractivity contribution in [2.75, 3.05) is 21.3 Å². The Hall–Kier alpha value is -2.01. The first-order chi connectivity index (χ1) is 9.69. The van der Waals surface area contributed by atoms with Gasteiger partial charge in [0.05, 0.1) is 26.0 Å². The van der Waals surface area contributed by atoms with Crippen LogP contribution >= 0.6 is 0 Å². The molecule has 0 aliphatic heterocycles. The van der Waals surface area contributed by atoms with Crippen molar-refractivity contribution < 1.29 is 9.47 Å². The van der Waals surface area contributed by atoms with Gasteiger partial charge in [0.25, 0.3) is 0 Å². The van der Waals surface area contributed by atoms with Crippen LogP contribution in [0.4, 0.5) is 0 Å². The summed E-state index contributed by atoms with van der Waals surface area (Å²) in [6.45, 7) is 0. The lowest BCUT2D eigenvalue weighted by Gasteiger charge is -2.17. The van der Waals surface area contributed by atoms with Gasteiger partial charge >= 0.3 is 0 Å². The first kappa shape index (κ1) is 14.4. The zero-order valence-electron chi connectivity index (χ0n) is 12.4. The van der Waals surface area contributed by atoms with Crippen LogP contribution in [0.25, 0.3) is 0 Å². The van der Waals surface area contributed by atoms with E-state index in [1.807, 2.05) is 43.2 Å². The van der Waals surface area contributed by atoms with Crippen LogP contribution < -0.4 is 14.8 Å². The molecule has 1 aromatic heterocycles. The molecule has 0 spiro atoms. The highest BCUT2D eigenvalue weighted by Gasteiger charge is 2.15. The van der Waals surface area contributed by atoms with Crippen molar-refractivity contribution >= 4 is 0 Å². The largest absolute Gasteiger partial charge is 0.493 e. The van der Waals surface area contributed by atoms with E-state index in [1.54, 1.807) is 14.2 Å². The third-order valence-electron chi connectivity index (χ3n) is 3.45. The van der Waals surface area contributed by atoms with Crippen LogP contribution in [0.3, 0.4) is 0 Å². The zero-order valence-corrected chi connectivity index (χ0v) is 12.4. The van der Waals surface area contributed by atoms with Crippen molar-refractivity contribution in [1.82, 2.24) is 15.1 Å². The number of rotatable bonds is 6. The van der Waals surface area contributed by atoms with E-state index in [0.29, 0.717) is 0 Å². The average Bonchev–Trinajstić information content (AvgIpc) is 2.90. The molecule has 0 aliphatic rings. The Labute approximate surface area is 119 Å². The van der Waals surface area contributed by atoms with Crippen molar-refractivity contribution in [3.05, 3.63) is 41.7 Å². The van der Waals surface area contributed by atoms with Crippen molar-refractivity contribution in [2.24, 2.45) is 7.05 Å². The molecule has 0 bridgehead atoms. The van der Waals surface area contributed by atoms with Gasteiger partial charge in [-0.3, -0.25) is 4.68 Å². The topological polar surface area (TPSA) is 48.3 Å². The molecule has 1 heterocycles. The Balaban J connectivity index is 2.22. The summed E-state index contributed by atoms with van der Waals surface area (Å²) in [5, 5.41) is 7.55. The Morgan fingerprint density at radius 2 is 1.95 bits per heavy atom. The van der Waals surface area contributed by atoms with E-state index < -0.39 is 0 Å². The standard InChI is InChI=1S/C15H21N3O2/c1-16-12(13-7-8-17-18(13)2)9-11-5-6-14(19-3)15(10-11)20-4/h5-8,10,12,16H,9H2,1-4H3. The molecule has 0 aliphatic carbocycles. The van der Waals surface area contributed by atoms with E-state index in [9.17, 15) is 0 Å². The number of methoxy groups -OCH3 is 2. The fraction of sp³-hybridized carbons (Fsp3) is 0.400. The summed E-state index contributed by atoms with van der Waals surface area (Å²) < 4.78 is 12.5. The van der Waals surface area contributed by atoms with Gasteiger partial charge in [-0.1, -0.05) is 6.07 Å². The molecule has 5 nitrogen and oxygen atoms in total. The lowest BCUT2D eigenvalue weighted by atomic mass is 10.0. The van der Waals surface area contributed by atoms with Crippen LogP contribution in [0.5, 0.6) is 11.5 Å². The van der Waals surface area contributed by atoms with E-state index in [1.165, 1.54) is 5.56 Å². The quantitative estimate of drug-likeness (QED) is 0.875. The molecule has 0 radical (unpaired) electrons. The molecule has 108 valence electrons. The molecule has 0 saturated heterocycles. The van der Waals surface area contributed by atoms with Crippen molar-refractivity contribution in [2.45, 2.75) is 12.5 Å². The fourth-order valence-corrected chi connectivity index (χ4v) is 2.32. The molecule has 1 atom stereocenters. The van der Waals surface area contributed by atoms with E-state index in [2.05, 4.69) is 16.5 Å². The zero-order chi connectivity index (χ0) is 14.5. The number of hydrogen-bond donors (Lipinski definition) is 1. The smallest absolute Gasteiger partial charge is 0.160 e. The maximum atomic E-state index is 5.34. The molecule has 2 rings (SSSR count). The fourth-order valence-electron chi connectivity index (χ4n) is 2.32. The summed E-state index contributed by atoms with van der Waals surface area (Å²) in [5.74, 6) is 1.50. The highest BCUT2D eigenvalue weighted by atomic mass is 16.5. The molecule has 5 heteroatoms. The predicted molar refractivity (Wildman–Crippen MR) is 78.3 cm³/mol. The number of benzene rings is 1. The third kappa shape index (κ3) is 2.93. The molecular weight excluding hydrogens is 254 g/mol. The summed E-state index contributed by atoms with van der Waals surface area (Å²) in [7, 11) is 7.20. The minimum Gasteiger partial charge on any atom is -0.493 e. The van der Waals surface area contributed by atoms with Gasteiger partial charge in [-0.15, -0.1) is 0 Å². The van der Waals surface area contributed by atoms with Gasteiger partial charge < -0.3 is 14.8 Å². The predicted octanol–water partition coefficient (Wildman–Crippen LogP) is 1.94. The van der Waals surface area contributed by atoms with Gasteiger partial charge in [0, 0.05) is 13.2 Å². The molecule has 1 aromatic carbocycles. The normalized spacial score (nSPS) is 12.2. The van der Waals surface area contributed by atoms with Crippen LogP contribution in [0.15, 0.2) is 30.5 Å². The van der Waals surface area contributed by atoms with Gasteiger partial charge in [-0.25, -0.2) is 0 Å². The minimum atomic E-state index is 0.209. The number of hydrogen-bond acceptors (Lipinski definition) is 4. The SMILES string of the molecule is CNC(Cc1ccc(OC)c(OC)c1)c1ccnn1C. The number of aromatic nitrogens is 2. The van der Waals surface area contributed by atoms with E-state index in [0.717, 1.165) is 23.6 Å². The second kappa shape index (κ2) is 6.43. The molecular formula is C15H21N3O2. The summed E-state index contributed by atoms with van der Waals surface area (Å²) in [4.78, 5) is 0. The Bertz CT molecular complexity index is 566. The summed E-state index contributed by atoms with van der Waals surface area (Å²) in [6, 6.07) is 8.24. The van der Waals surface area contributed by atoms with Gasteiger partial charge in [0.15, 0.2) is 11.5 Å². The maximum Gasteiger partial charge on any atom is 0.160 e. The lowest BCUT2D eigenvalue weighted by Crippen LogP contribution is -2.21. The Kier molecular flexibility index (Phi) is 4.63. The molecule has 20 heavy (non-hydrogen) atoms. The summed E-state index contributed by atoms with van der Waals surface area (Å²) in [6.07, 6.45) is 2.67.